The Bertz CT molecular complexity index is 652. The number of halogens is 1. The van der Waals surface area contributed by atoms with Crippen molar-refractivity contribution in [1.29, 1.82) is 0 Å². The molecule has 1 aromatic carbocycles. The van der Waals surface area contributed by atoms with E-state index in [-0.39, 0.29) is 22.4 Å². The molecule has 0 atom stereocenters. The fourth-order valence-corrected chi connectivity index (χ4v) is 2.61. The number of methoxy groups -OCH3 is 2. The Labute approximate surface area is 134 Å². The molecule has 5 nitrogen and oxygen atoms in total. The molecule has 0 aliphatic carbocycles. The molecule has 2 amide bonds. The number of nitrogens with zero attached hydrogens (tertiary/aromatic N) is 1. The van der Waals surface area contributed by atoms with E-state index >= 15 is 0 Å². The lowest BCUT2D eigenvalue weighted by Crippen LogP contribution is -2.34. The second kappa shape index (κ2) is 6.40. The topological polar surface area (TPSA) is 55.8 Å². The second-order valence-corrected chi connectivity index (χ2v) is 5.75. The molecule has 1 heterocycles. The second-order valence-electron chi connectivity index (χ2n) is 5.37. The summed E-state index contributed by atoms with van der Waals surface area (Å²) in [7, 11) is 3.03. The van der Waals surface area contributed by atoms with Crippen LogP contribution in [0, 0.1) is 5.92 Å². The van der Waals surface area contributed by atoms with Crippen molar-refractivity contribution in [2.75, 3.05) is 20.8 Å². The zero-order valence-electron chi connectivity index (χ0n) is 13.0. The van der Waals surface area contributed by atoms with Crippen LogP contribution in [0.5, 0.6) is 11.5 Å². The van der Waals surface area contributed by atoms with Gasteiger partial charge in [-0.15, -0.1) is 0 Å². The smallest absolute Gasteiger partial charge is 0.273 e. The molecular formula is C16H18ClNO4. The Hall–Kier alpha value is -2.01. The Morgan fingerprint density at radius 1 is 1.09 bits per heavy atom. The van der Waals surface area contributed by atoms with Crippen molar-refractivity contribution in [3.8, 4) is 11.5 Å². The zero-order chi connectivity index (χ0) is 16.4. The molecule has 0 saturated heterocycles. The van der Waals surface area contributed by atoms with Gasteiger partial charge in [0, 0.05) is 6.54 Å². The molecule has 0 radical (unpaired) electrons. The van der Waals surface area contributed by atoms with Crippen molar-refractivity contribution >= 4 is 29.0 Å². The van der Waals surface area contributed by atoms with Crippen molar-refractivity contribution in [3.63, 3.8) is 0 Å². The van der Waals surface area contributed by atoms with Gasteiger partial charge in [-0.25, -0.2) is 0 Å². The molecule has 22 heavy (non-hydrogen) atoms. The van der Waals surface area contributed by atoms with Gasteiger partial charge in [-0.2, -0.15) is 0 Å². The number of hydrogen-bond donors (Lipinski definition) is 0. The maximum absolute atomic E-state index is 12.5. The molecule has 1 aliphatic heterocycles. The SMILES string of the molecule is COc1ccc(C2=C(Cl)C(=O)N(CC(C)C)C2=O)cc1OC. The predicted octanol–water partition coefficient (Wildman–Crippen LogP) is 2.68. The van der Waals surface area contributed by atoms with Crippen LogP contribution in [0.1, 0.15) is 19.4 Å². The minimum atomic E-state index is -0.454. The molecule has 2 rings (SSSR count). The standard InChI is InChI=1S/C16H18ClNO4/c1-9(2)8-18-15(19)13(14(17)16(18)20)10-5-6-11(21-3)12(7-10)22-4/h5-7,9H,8H2,1-4H3. The van der Waals surface area contributed by atoms with Gasteiger partial charge >= 0.3 is 0 Å². The molecule has 0 spiro atoms. The van der Waals surface area contributed by atoms with E-state index in [1.54, 1.807) is 18.2 Å². The van der Waals surface area contributed by atoms with Gasteiger partial charge in [0.2, 0.25) is 0 Å². The fourth-order valence-electron chi connectivity index (χ4n) is 2.32. The Kier molecular flexibility index (Phi) is 4.76. The Morgan fingerprint density at radius 3 is 2.27 bits per heavy atom. The summed E-state index contributed by atoms with van der Waals surface area (Å²) in [6.07, 6.45) is 0. The van der Waals surface area contributed by atoms with E-state index in [0.29, 0.717) is 23.6 Å². The first-order valence-corrected chi connectivity index (χ1v) is 7.26. The normalized spacial score (nSPS) is 15.1. The first kappa shape index (κ1) is 16.4. The first-order chi connectivity index (χ1) is 10.4. The van der Waals surface area contributed by atoms with Gasteiger partial charge in [0.1, 0.15) is 5.03 Å². The van der Waals surface area contributed by atoms with Crippen molar-refractivity contribution in [2.24, 2.45) is 5.92 Å². The van der Waals surface area contributed by atoms with Crippen LogP contribution in [0.2, 0.25) is 0 Å². The number of carbonyl (C=O) groups is 2. The van der Waals surface area contributed by atoms with E-state index in [9.17, 15) is 9.59 Å². The van der Waals surface area contributed by atoms with Crippen LogP contribution in [0.15, 0.2) is 23.2 Å². The van der Waals surface area contributed by atoms with E-state index in [4.69, 9.17) is 21.1 Å². The highest BCUT2D eigenvalue weighted by Crippen LogP contribution is 2.36. The quantitative estimate of drug-likeness (QED) is 0.782. The summed E-state index contributed by atoms with van der Waals surface area (Å²) < 4.78 is 10.4. The van der Waals surface area contributed by atoms with Crippen LogP contribution in [0.4, 0.5) is 0 Å². The maximum atomic E-state index is 12.5. The van der Waals surface area contributed by atoms with Gasteiger partial charge in [-0.1, -0.05) is 31.5 Å². The number of rotatable bonds is 5. The number of benzene rings is 1. The van der Waals surface area contributed by atoms with Crippen LogP contribution in [-0.4, -0.2) is 37.5 Å². The maximum Gasteiger partial charge on any atom is 0.273 e. The van der Waals surface area contributed by atoms with Crippen molar-refractivity contribution in [3.05, 3.63) is 28.8 Å². The minimum Gasteiger partial charge on any atom is -0.493 e. The van der Waals surface area contributed by atoms with Crippen molar-refractivity contribution < 1.29 is 19.1 Å². The molecule has 1 aromatic rings. The van der Waals surface area contributed by atoms with Gasteiger partial charge in [-0.3, -0.25) is 14.5 Å². The summed E-state index contributed by atoms with van der Waals surface area (Å²) in [6, 6.07) is 5.00. The number of amides is 2. The summed E-state index contributed by atoms with van der Waals surface area (Å²) in [5, 5.41) is -0.0575. The lowest BCUT2D eigenvalue weighted by molar-refractivity contribution is -0.137. The molecule has 0 N–H and O–H groups in total. The number of imide groups is 1. The van der Waals surface area contributed by atoms with Crippen molar-refractivity contribution in [2.45, 2.75) is 13.8 Å². The highest BCUT2D eigenvalue weighted by atomic mass is 35.5. The monoisotopic (exact) mass is 323 g/mol. The average Bonchev–Trinajstić information content (AvgIpc) is 2.70. The fraction of sp³-hybridized carbons (Fsp3) is 0.375. The summed E-state index contributed by atoms with van der Waals surface area (Å²) in [6.45, 7) is 4.20. The summed E-state index contributed by atoms with van der Waals surface area (Å²) >= 11 is 6.10. The third-order valence-corrected chi connectivity index (χ3v) is 3.68. The Morgan fingerprint density at radius 2 is 1.73 bits per heavy atom. The Balaban J connectivity index is 2.44. The van der Waals surface area contributed by atoms with Crippen molar-refractivity contribution in [1.82, 2.24) is 4.90 Å². The third-order valence-electron chi connectivity index (χ3n) is 3.33. The van der Waals surface area contributed by atoms with Crippen LogP contribution < -0.4 is 9.47 Å². The van der Waals surface area contributed by atoms with Gasteiger partial charge in [-0.05, 0) is 23.6 Å². The molecule has 0 unspecified atom stereocenters. The molecule has 0 bridgehead atoms. The third kappa shape index (κ3) is 2.81. The van der Waals surface area contributed by atoms with Crippen LogP contribution in [-0.2, 0) is 9.59 Å². The highest BCUT2D eigenvalue weighted by molar-refractivity contribution is 6.55. The van der Waals surface area contributed by atoms with Crippen LogP contribution >= 0.6 is 11.6 Å². The van der Waals surface area contributed by atoms with E-state index < -0.39 is 5.91 Å². The molecular weight excluding hydrogens is 306 g/mol. The molecule has 118 valence electrons. The van der Waals surface area contributed by atoms with Gasteiger partial charge in [0.25, 0.3) is 11.8 Å². The number of carbonyl (C=O) groups excluding carboxylic acids is 2. The zero-order valence-corrected chi connectivity index (χ0v) is 13.7. The van der Waals surface area contributed by atoms with Crippen LogP contribution in [0.3, 0.4) is 0 Å². The van der Waals surface area contributed by atoms with E-state index in [2.05, 4.69) is 0 Å². The van der Waals surface area contributed by atoms with E-state index in [0.717, 1.165) is 0 Å². The van der Waals surface area contributed by atoms with Gasteiger partial charge < -0.3 is 9.47 Å². The van der Waals surface area contributed by atoms with Gasteiger partial charge in [0.15, 0.2) is 11.5 Å². The van der Waals surface area contributed by atoms with E-state index in [1.807, 2.05) is 13.8 Å². The largest absolute Gasteiger partial charge is 0.493 e. The lowest BCUT2D eigenvalue weighted by Gasteiger charge is -2.17. The van der Waals surface area contributed by atoms with Gasteiger partial charge in [0.05, 0.1) is 19.8 Å². The molecule has 0 aromatic heterocycles. The lowest BCUT2D eigenvalue weighted by atomic mass is 10.1. The minimum absolute atomic E-state index is 0.0575. The number of hydrogen-bond acceptors (Lipinski definition) is 4. The molecule has 6 heteroatoms. The summed E-state index contributed by atoms with van der Waals surface area (Å²) in [5.41, 5.74) is 0.737. The molecule has 0 saturated carbocycles. The summed E-state index contributed by atoms with van der Waals surface area (Å²) in [4.78, 5) is 25.9. The highest BCUT2D eigenvalue weighted by Gasteiger charge is 2.38. The van der Waals surface area contributed by atoms with Crippen LogP contribution in [0.25, 0.3) is 5.57 Å². The summed E-state index contributed by atoms with van der Waals surface area (Å²) in [5.74, 6) is 0.349. The number of ether oxygens (including phenoxy) is 2. The predicted molar refractivity (Wildman–Crippen MR) is 83.9 cm³/mol. The molecule has 0 fully saturated rings. The first-order valence-electron chi connectivity index (χ1n) is 6.89. The molecule has 1 aliphatic rings. The average molecular weight is 324 g/mol. The van der Waals surface area contributed by atoms with E-state index in [1.165, 1.54) is 19.1 Å².